The van der Waals surface area contributed by atoms with Gasteiger partial charge < -0.3 is 5.32 Å². The van der Waals surface area contributed by atoms with Crippen molar-refractivity contribution in [3.05, 3.63) is 46.7 Å². The third kappa shape index (κ3) is 5.41. The molecule has 1 unspecified atom stereocenters. The highest BCUT2D eigenvalue weighted by Crippen LogP contribution is 2.16. The molecule has 1 aliphatic heterocycles. The molecule has 1 fully saturated rings. The molecule has 0 spiro atoms. The molecule has 1 saturated heterocycles. The Morgan fingerprint density at radius 1 is 1.24 bits per heavy atom. The minimum Gasteiger partial charge on any atom is -0.326 e. The first-order valence-corrected chi connectivity index (χ1v) is 9.69. The first kappa shape index (κ1) is 18.1. The van der Waals surface area contributed by atoms with Crippen LogP contribution >= 0.6 is 15.9 Å². The summed E-state index contributed by atoms with van der Waals surface area (Å²) in [6, 6.07) is 8.21. The van der Waals surface area contributed by atoms with Crippen LogP contribution in [0.3, 0.4) is 0 Å². The molecule has 0 radical (unpaired) electrons. The Morgan fingerprint density at radius 3 is 2.60 bits per heavy atom. The van der Waals surface area contributed by atoms with E-state index in [2.05, 4.69) is 43.4 Å². The number of halogens is 1. The lowest BCUT2D eigenvalue weighted by atomic mass is 10.1. The topological polar surface area (TPSA) is 50.2 Å². The van der Waals surface area contributed by atoms with Crippen LogP contribution in [0.15, 0.2) is 41.1 Å². The summed E-state index contributed by atoms with van der Waals surface area (Å²) in [6.45, 7) is 5.86. The summed E-state index contributed by atoms with van der Waals surface area (Å²) >= 11 is 3.37. The number of carbonyl (C=O) groups excluding carboxylic acids is 1. The average Bonchev–Trinajstić information content (AvgIpc) is 3.02. The number of benzene rings is 1. The second-order valence-electron chi connectivity index (χ2n) is 6.80. The van der Waals surface area contributed by atoms with Crippen LogP contribution in [-0.4, -0.2) is 33.7 Å². The van der Waals surface area contributed by atoms with Crippen molar-refractivity contribution in [1.29, 1.82) is 0 Å². The second-order valence-corrected chi connectivity index (χ2v) is 7.72. The minimum atomic E-state index is -0.153. The largest absolute Gasteiger partial charge is 0.326 e. The Kier molecular flexibility index (Phi) is 6.26. The molecule has 5 nitrogen and oxygen atoms in total. The van der Waals surface area contributed by atoms with Gasteiger partial charge in [-0.05, 0) is 59.6 Å². The number of likely N-dealkylation sites (tertiary alicyclic amines) is 1. The summed E-state index contributed by atoms with van der Waals surface area (Å²) in [4.78, 5) is 14.9. The Labute approximate surface area is 157 Å². The highest BCUT2D eigenvalue weighted by molar-refractivity contribution is 9.10. The van der Waals surface area contributed by atoms with Gasteiger partial charge in [0.2, 0.25) is 5.91 Å². The van der Waals surface area contributed by atoms with E-state index in [0.717, 1.165) is 16.7 Å². The van der Waals surface area contributed by atoms with E-state index in [1.54, 1.807) is 10.9 Å². The molecule has 0 saturated carbocycles. The number of rotatable bonds is 6. The van der Waals surface area contributed by atoms with Crippen molar-refractivity contribution >= 4 is 27.5 Å². The molecule has 0 aliphatic carbocycles. The van der Waals surface area contributed by atoms with Gasteiger partial charge in [-0.3, -0.25) is 14.4 Å². The number of amides is 1. The van der Waals surface area contributed by atoms with Crippen molar-refractivity contribution < 1.29 is 4.79 Å². The molecule has 134 valence electrons. The van der Waals surface area contributed by atoms with E-state index >= 15 is 0 Å². The Balaban J connectivity index is 1.50. The van der Waals surface area contributed by atoms with Gasteiger partial charge in [0, 0.05) is 18.4 Å². The highest BCUT2D eigenvalue weighted by atomic mass is 79.9. The number of anilines is 1. The van der Waals surface area contributed by atoms with Crippen molar-refractivity contribution in [2.45, 2.75) is 39.3 Å². The summed E-state index contributed by atoms with van der Waals surface area (Å²) < 4.78 is 2.69. The third-order valence-electron chi connectivity index (χ3n) is 4.59. The molecule has 1 aromatic heterocycles. The molecule has 25 heavy (non-hydrogen) atoms. The Morgan fingerprint density at radius 2 is 1.96 bits per heavy atom. The van der Waals surface area contributed by atoms with Crippen molar-refractivity contribution in [1.82, 2.24) is 14.7 Å². The summed E-state index contributed by atoms with van der Waals surface area (Å²) in [7, 11) is 0. The van der Waals surface area contributed by atoms with Crippen LogP contribution in [0.5, 0.6) is 0 Å². The van der Waals surface area contributed by atoms with Gasteiger partial charge in [0.1, 0.15) is 0 Å². The van der Waals surface area contributed by atoms with E-state index < -0.39 is 0 Å². The Bertz CT molecular complexity index is 692. The first-order valence-electron chi connectivity index (χ1n) is 8.90. The van der Waals surface area contributed by atoms with E-state index in [-0.39, 0.29) is 11.8 Å². The third-order valence-corrected chi connectivity index (χ3v) is 5.00. The maximum absolute atomic E-state index is 12.4. The van der Waals surface area contributed by atoms with Gasteiger partial charge in [-0.1, -0.05) is 25.5 Å². The van der Waals surface area contributed by atoms with Crippen LogP contribution in [0.1, 0.15) is 31.7 Å². The summed E-state index contributed by atoms with van der Waals surface area (Å²) in [5.74, 6) is -0.143. The SMILES string of the molecule is CC(Cn1cc(Br)cn1)C(=O)Nc1ccc(CN2CCCCC2)cc1. The molecule has 1 N–H and O–H groups in total. The van der Waals surface area contributed by atoms with Gasteiger partial charge >= 0.3 is 0 Å². The van der Waals surface area contributed by atoms with Gasteiger partial charge in [0.25, 0.3) is 0 Å². The maximum Gasteiger partial charge on any atom is 0.229 e. The molecule has 1 aromatic carbocycles. The van der Waals surface area contributed by atoms with Crippen molar-refractivity contribution in [3.63, 3.8) is 0 Å². The lowest BCUT2D eigenvalue weighted by Gasteiger charge is -2.26. The number of aromatic nitrogens is 2. The van der Waals surface area contributed by atoms with Gasteiger partial charge in [-0.25, -0.2) is 0 Å². The van der Waals surface area contributed by atoms with E-state index in [1.165, 1.54) is 37.9 Å². The normalized spacial score (nSPS) is 16.6. The van der Waals surface area contributed by atoms with E-state index in [4.69, 9.17) is 0 Å². The molecular formula is C19H25BrN4O. The van der Waals surface area contributed by atoms with Gasteiger partial charge in [-0.2, -0.15) is 5.10 Å². The van der Waals surface area contributed by atoms with E-state index in [0.29, 0.717) is 6.54 Å². The van der Waals surface area contributed by atoms with Crippen LogP contribution < -0.4 is 5.32 Å². The molecule has 2 aromatic rings. The van der Waals surface area contributed by atoms with Gasteiger partial charge in [0.15, 0.2) is 0 Å². The van der Waals surface area contributed by atoms with Crippen molar-refractivity contribution in [3.8, 4) is 0 Å². The average molecular weight is 405 g/mol. The van der Waals surface area contributed by atoms with Crippen molar-refractivity contribution in [2.75, 3.05) is 18.4 Å². The summed E-state index contributed by atoms with van der Waals surface area (Å²) in [6.07, 6.45) is 7.57. The van der Waals surface area contributed by atoms with Crippen LogP contribution in [0, 0.1) is 5.92 Å². The molecule has 1 amide bonds. The standard InChI is InChI=1S/C19H25BrN4O/c1-15(12-24-14-17(20)11-21-24)19(25)22-18-7-5-16(6-8-18)13-23-9-3-2-4-10-23/h5-8,11,14-15H,2-4,9-10,12-13H2,1H3,(H,22,25). The molecular weight excluding hydrogens is 380 g/mol. The number of piperidine rings is 1. The zero-order valence-corrected chi connectivity index (χ0v) is 16.2. The maximum atomic E-state index is 12.4. The molecule has 1 aliphatic rings. The summed E-state index contributed by atoms with van der Waals surface area (Å²) in [5, 5.41) is 7.19. The van der Waals surface area contributed by atoms with E-state index in [1.807, 2.05) is 25.3 Å². The number of hydrogen-bond donors (Lipinski definition) is 1. The highest BCUT2D eigenvalue weighted by Gasteiger charge is 2.15. The van der Waals surface area contributed by atoms with E-state index in [9.17, 15) is 4.79 Å². The first-order chi connectivity index (χ1) is 12.1. The fourth-order valence-electron chi connectivity index (χ4n) is 3.14. The predicted octanol–water partition coefficient (Wildman–Crippen LogP) is 3.91. The van der Waals surface area contributed by atoms with Crippen LogP contribution in [0.2, 0.25) is 0 Å². The fourth-order valence-corrected chi connectivity index (χ4v) is 3.46. The Hall–Kier alpha value is -1.66. The zero-order valence-electron chi connectivity index (χ0n) is 14.6. The lowest BCUT2D eigenvalue weighted by molar-refractivity contribution is -0.119. The van der Waals surface area contributed by atoms with Crippen LogP contribution in [-0.2, 0) is 17.9 Å². The fraction of sp³-hybridized carbons (Fsp3) is 0.474. The number of nitrogens with zero attached hydrogens (tertiary/aromatic N) is 3. The molecule has 2 heterocycles. The number of hydrogen-bond acceptors (Lipinski definition) is 3. The second kappa shape index (κ2) is 8.63. The molecule has 1 atom stereocenters. The zero-order chi connectivity index (χ0) is 17.6. The predicted molar refractivity (Wildman–Crippen MR) is 103 cm³/mol. The molecule has 3 rings (SSSR count). The van der Waals surface area contributed by atoms with Crippen LogP contribution in [0.4, 0.5) is 5.69 Å². The lowest BCUT2D eigenvalue weighted by Crippen LogP contribution is -2.29. The van der Waals surface area contributed by atoms with Gasteiger partial charge in [-0.15, -0.1) is 0 Å². The van der Waals surface area contributed by atoms with Crippen molar-refractivity contribution in [2.24, 2.45) is 5.92 Å². The summed E-state index contributed by atoms with van der Waals surface area (Å²) in [5.41, 5.74) is 2.15. The minimum absolute atomic E-state index is 0.00963. The van der Waals surface area contributed by atoms with Crippen LogP contribution in [0.25, 0.3) is 0 Å². The number of nitrogens with one attached hydrogen (secondary N) is 1. The number of carbonyl (C=O) groups is 1. The molecule has 0 bridgehead atoms. The molecule has 6 heteroatoms. The van der Waals surface area contributed by atoms with Gasteiger partial charge in [0.05, 0.1) is 23.1 Å². The monoisotopic (exact) mass is 404 g/mol. The quantitative estimate of drug-likeness (QED) is 0.793. The smallest absolute Gasteiger partial charge is 0.229 e.